The number of para-hydroxylation sites is 1. The zero-order chi connectivity index (χ0) is 24.9. The van der Waals surface area contributed by atoms with Gasteiger partial charge in [-0.15, -0.1) is 0 Å². The lowest BCUT2D eigenvalue weighted by molar-refractivity contribution is -0.111. The van der Waals surface area contributed by atoms with E-state index in [0.29, 0.717) is 34.8 Å². The van der Waals surface area contributed by atoms with Crippen LogP contribution in [0.25, 0.3) is 27.7 Å². The molecule has 7 heteroatoms. The summed E-state index contributed by atoms with van der Waals surface area (Å²) >= 11 is 0. The number of carbonyl (C=O) groups excluding carboxylic acids is 2. The van der Waals surface area contributed by atoms with Crippen molar-refractivity contribution in [3.05, 3.63) is 84.1 Å². The van der Waals surface area contributed by atoms with Crippen molar-refractivity contribution in [2.75, 3.05) is 19.0 Å². The number of methoxy groups -OCH3 is 1. The number of benzene rings is 3. The van der Waals surface area contributed by atoms with Crippen LogP contribution in [-0.2, 0) is 4.79 Å². The summed E-state index contributed by atoms with van der Waals surface area (Å²) in [7, 11) is 1.63. The van der Waals surface area contributed by atoms with Crippen LogP contribution in [0.5, 0.6) is 11.5 Å². The first-order chi connectivity index (χ1) is 16.9. The van der Waals surface area contributed by atoms with Gasteiger partial charge in [0.05, 0.1) is 20.0 Å². The molecule has 0 saturated heterocycles. The van der Waals surface area contributed by atoms with E-state index in [9.17, 15) is 9.59 Å². The van der Waals surface area contributed by atoms with Gasteiger partial charge in [-0.1, -0.05) is 24.3 Å². The standard InChI is InChI=1S/C28H26N2O5/c1-4-34-25-15-26-22(23(16-35-26)20-10-5-6-11-24(20)33-3)14-21(25)17(2)12-27(31)30-19-9-7-8-18(13-19)28(29)32/h5-16H,4H2,1-3H3,(H2,29,32)(H,30,31)/b17-12+. The number of allylic oxidation sites excluding steroid dienone is 1. The molecule has 35 heavy (non-hydrogen) atoms. The number of nitrogens with one attached hydrogen (secondary N) is 1. The van der Waals surface area contributed by atoms with E-state index in [1.807, 2.05) is 50.2 Å². The summed E-state index contributed by atoms with van der Waals surface area (Å²) in [6.45, 7) is 4.19. The topological polar surface area (TPSA) is 104 Å². The molecule has 1 aromatic heterocycles. The molecule has 4 aromatic rings. The Bertz CT molecular complexity index is 1430. The Labute approximate surface area is 203 Å². The van der Waals surface area contributed by atoms with Gasteiger partial charge in [-0.05, 0) is 49.8 Å². The number of nitrogens with two attached hydrogens (primary N) is 1. The highest BCUT2D eigenvalue weighted by Crippen LogP contribution is 2.40. The predicted molar refractivity (Wildman–Crippen MR) is 137 cm³/mol. The molecular weight excluding hydrogens is 444 g/mol. The molecule has 0 fully saturated rings. The van der Waals surface area contributed by atoms with Gasteiger partial charge < -0.3 is 24.9 Å². The third-order valence-corrected chi connectivity index (χ3v) is 5.56. The number of carbonyl (C=O) groups is 2. The zero-order valence-electron chi connectivity index (χ0n) is 19.8. The first kappa shape index (κ1) is 23.6. The van der Waals surface area contributed by atoms with E-state index in [4.69, 9.17) is 19.6 Å². The van der Waals surface area contributed by atoms with Crippen molar-refractivity contribution < 1.29 is 23.5 Å². The molecule has 0 unspecified atom stereocenters. The Hall–Kier alpha value is -4.52. The molecule has 4 rings (SSSR count). The molecule has 1 heterocycles. The minimum atomic E-state index is -0.562. The SMILES string of the molecule is CCOc1cc2occ(-c3ccccc3OC)c2cc1/C(C)=C/C(=O)Nc1cccc(C(N)=O)c1. The quantitative estimate of drug-likeness (QED) is 0.324. The van der Waals surface area contributed by atoms with Crippen molar-refractivity contribution in [2.24, 2.45) is 5.73 Å². The number of amides is 2. The summed E-state index contributed by atoms with van der Waals surface area (Å²) in [5, 5.41) is 3.65. The van der Waals surface area contributed by atoms with Gasteiger partial charge >= 0.3 is 0 Å². The fourth-order valence-electron chi connectivity index (χ4n) is 3.92. The number of hydrogen-bond acceptors (Lipinski definition) is 5. The number of rotatable bonds is 8. The second kappa shape index (κ2) is 10.2. The Balaban J connectivity index is 1.73. The third-order valence-electron chi connectivity index (χ3n) is 5.56. The van der Waals surface area contributed by atoms with Crippen LogP contribution < -0.4 is 20.5 Å². The predicted octanol–water partition coefficient (Wildman–Crippen LogP) is 5.65. The van der Waals surface area contributed by atoms with E-state index >= 15 is 0 Å². The van der Waals surface area contributed by atoms with Crippen molar-refractivity contribution in [1.82, 2.24) is 0 Å². The Morgan fingerprint density at radius 2 is 1.83 bits per heavy atom. The van der Waals surface area contributed by atoms with Gasteiger partial charge in [0, 0.05) is 45.5 Å². The lowest BCUT2D eigenvalue weighted by Crippen LogP contribution is -2.13. The molecule has 2 amide bonds. The number of hydrogen-bond donors (Lipinski definition) is 2. The molecule has 0 aliphatic heterocycles. The normalized spacial score (nSPS) is 11.3. The summed E-state index contributed by atoms with van der Waals surface area (Å²) in [6.07, 6.45) is 3.18. The van der Waals surface area contributed by atoms with Crippen LogP contribution in [0.4, 0.5) is 5.69 Å². The van der Waals surface area contributed by atoms with Crippen LogP contribution in [0.3, 0.4) is 0 Å². The number of furan rings is 1. The van der Waals surface area contributed by atoms with Gasteiger partial charge in [0.25, 0.3) is 0 Å². The minimum absolute atomic E-state index is 0.316. The maximum atomic E-state index is 12.8. The first-order valence-corrected chi connectivity index (χ1v) is 11.1. The number of primary amides is 1. The molecule has 0 aliphatic carbocycles. The highest BCUT2D eigenvalue weighted by Gasteiger charge is 2.17. The van der Waals surface area contributed by atoms with Crippen molar-refractivity contribution in [1.29, 1.82) is 0 Å². The lowest BCUT2D eigenvalue weighted by atomic mass is 9.98. The van der Waals surface area contributed by atoms with E-state index in [-0.39, 0.29) is 5.91 Å². The van der Waals surface area contributed by atoms with Gasteiger partial charge in [0.2, 0.25) is 11.8 Å². The van der Waals surface area contributed by atoms with Crippen LogP contribution in [-0.4, -0.2) is 25.5 Å². The molecule has 3 aromatic carbocycles. The van der Waals surface area contributed by atoms with Crippen molar-refractivity contribution >= 4 is 34.0 Å². The summed E-state index contributed by atoms with van der Waals surface area (Å²) in [5.41, 5.74) is 10.0. The van der Waals surface area contributed by atoms with Gasteiger partial charge in [-0.25, -0.2) is 0 Å². The van der Waals surface area contributed by atoms with E-state index in [1.165, 1.54) is 12.1 Å². The smallest absolute Gasteiger partial charge is 0.248 e. The third kappa shape index (κ3) is 5.04. The Morgan fingerprint density at radius 1 is 1.03 bits per heavy atom. The van der Waals surface area contributed by atoms with Gasteiger partial charge in [-0.2, -0.15) is 0 Å². The maximum Gasteiger partial charge on any atom is 0.248 e. The number of fused-ring (bicyclic) bond motifs is 1. The molecule has 0 saturated carbocycles. The Kier molecular flexibility index (Phi) is 6.87. The largest absolute Gasteiger partial charge is 0.496 e. The van der Waals surface area contributed by atoms with Crippen molar-refractivity contribution in [3.63, 3.8) is 0 Å². The molecule has 178 valence electrons. The fraction of sp³-hybridized carbons (Fsp3) is 0.143. The van der Waals surface area contributed by atoms with Gasteiger partial charge in [0.1, 0.15) is 17.1 Å². The monoisotopic (exact) mass is 470 g/mol. The molecule has 3 N–H and O–H groups in total. The van der Waals surface area contributed by atoms with Crippen LogP contribution >= 0.6 is 0 Å². The average Bonchev–Trinajstić information content (AvgIpc) is 3.26. The van der Waals surface area contributed by atoms with E-state index < -0.39 is 5.91 Å². The van der Waals surface area contributed by atoms with Gasteiger partial charge in [-0.3, -0.25) is 9.59 Å². The van der Waals surface area contributed by atoms with Gasteiger partial charge in [0.15, 0.2) is 0 Å². The molecule has 7 nitrogen and oxygen atoms in total. The number of ether oxygens (including phenoxy) is 2. The minimum Gasteiger partial charge on any atom is -0.496 e. The molecule has 0 radical (unpaired) electrons. The second-order valence-corrected chi connectivity index (χ2v) is 7.89. The molecular formula is C28H26N2O5. The van der Waals surface area contributed by atoms with Crippen LogP contribution in [0.15, 0.2) is 77.4 Å². The van der Waals surface area contributed by atoms with Crippen LogP contribution in [0, 0.1) is 0 Å². The van der Waals surface area contributed by atoms with Crippen LogP contribution in [0.1, 0.15) is 29.8 Å². The Morgan fingerprint density at radius 3 is 2.57 bits per heavy atom. The summed E-state index contributed by atoms with van der Waals surface area (Å²) in [5.74, 6) is 0.436. The average molecular weight is 471 g/mol. The molecule has 0 bridgehead atoms. The van der Waals surface area contributed by atoms with E-state index in [0.717, 1.165) is 27.8 Å². The van der Waals surface area contributed by atoms with E-state index in [1.54, 1.807) is 31.6 Å². The molecule has 0 aliphatic rings. The second-order valence-electron chi connectivity index (χ2n) is 7.89. The van der Waals surface area contributed by atoms with Crippen molar-refractivity contribution in [3.8, 4) is 22.6 Å². The molecule has 0 spiro atoms. The lowest BCUT2D eigenvalue weighted by Gasteiger charge is -2.12. The zero-order valence-corrected chi connectivity index (χ0v) is 19.8. The van der Waals surface area contributed by atoms with E-state index in [2.05, 4.69) is 5.32 Å². The number of anilines is 1. The summed E-state index contributed by atoms with van der Waals surface area (Å²) in [4.78, 5) is 24.2. The summed E-state index contributed by atoms with van der Waals surface area (Å²) in [6, 6.07) is 18.0. The van der Waals surface area contributed by atoms with Crippen molar-refractivity contribution in [2.45, 2.75) is 13.8 Å². The van der Waals surface area contributed by atoms with Crippen LogP contribution in [0.2, 0.25) is 0 Å². The first-order valence-electron chi connectivity index (χ1n) is 11.1. The fourth-order valence-corrected chi connectivity index (χ4v) is 3.92. The highest BCUT2D eigenvalue weighted by molar-refractivity contribution is 6.06. The highest BCUT2D eigenvalue weighted by atomic mass is 16.5. The summed E-state index contributed by atoms with van der Waals surface area (Å²) < 4.78 is 17.2. The molecule has 0 atom stereocenters. The maximum absolute atomic E-state index is 12.8.